The molecule has 25 heavy (non-hydrogen) atoms. The van der Waals surface area contributed by atoms with Crippen LogP contribution in [0.4, 0.5) is 4.79 Å². The van der Waals surface area contributed by atoms with Crippen molar-refractivity contribution in [3.8, 4) is 5.75 Å². The summed E-state index contributed by atoms with van der Waals surface area (Å²) < 4.78 is 10.7. The van der Waals surface area contributed by atoms with Crippen LogP contribution in [0.1, 0.15) is 45.6 Å². The van der Waals surface area contributed by atoms with Gasteiger partial charge in [0.2, 0.25) is 0 Å². The number of piperidine rings is 1. The number of carbonyl (C=O) groups is 2. The van der Waals surface area contributed by atoms with Gasteiger partial charge in [0.25, 0.3) is 0 Å². The largest absolute Gasteiger partial charge is 0.508 e. The standard InChI is InChI=1S/C19H27NO5/c1-5-24-17(22)15-9-10-20(18(23)25-19(2,3)4)12-16(15)13-7-6-8-14(21)11-13/h6-8,11,15-16,21H,5,9-10,12H2,1-4H3. The maximum atomic E-state index is 12.4. The number of likely N-dealkylation sites (tertiary alicyclic amines) is 1. The molecule has 1 aliphatic heterocycles. The predicted molar refractivity (Wildman–Crippen MR) is 93.4 cm³/mol. The molecular weight excluding hydrogens is 322 g/mol. The molecule has 1 aromatic carbocycles. The lowest BCUT2D eigenvalue weighted by atomic mass is 9.80. The minimum Gasteiger partial charge on any atom is -0.508 e. The van der Waals surface area contributed by atoms with Gasteiger partial charge in [-0.3, -0.25) is 4.79 Å². The summed E-state index contributed by atoms with van der Waals surface area (Å²) in [5.74, 6) is -0.720. The topological polar surface area (TPSA) is 76.1 Å². The molecule has 1 saturated heterocycles. The molecule has 0 aromatic heterocycles. The smallest absolute Gasteiger partial charge is 0.410 e. The number of carbonyl (C=O) groups excluding carboxylic acids is 2. The lowest BCUT2D eigenvalue weighted by Gasteiger charge is -2.38. The van der Waals surface area contributed by atoms with Gasteiger partial charge in [-0.05, 0) is 51.8 Å². The third-order valence-electron chi connectivity index (χ3n) is 4.15. The van der Waals surface area contributed by atoms with Crippen molar-refractivity contribution < 1.29 is 24.2 Å². The molecule has 1 fully saturated rings. The SMILES string of the molecule is CCOC(=O)C1CCN(C(=O)OC(C)(C)C)CC1c1cccc(O)c1. The molecule has 1 amide bonds. The maximum absolute atomic E-state index is 12.4. The predicted octanol–water partition coefficient (Wildman–Crippen LogP) is 3.30. The molecule has 0 radical (unpaired) electrons. The van der Waals surface area contributed by atoms with Crippen LogP contribution in [0, 0.1) is 5.92 Å². The van der Waals surface area contributed by atoms with Crippen LogP contribution in [0.15, 0.2) is 24.3 Å². The molecule has 1 heterocycles. The van der Waals surface area contributed by atoms with Gasteiger partial charge in [0.1, 0.15) is 11.4 Å². The minimum atomic E-state index is -0.574. The lowest BCUT2D eigenvalue weighted by molar-refractivity contribution is -0.150. The summed E-state index contributed by atoms with van der Waals surface area (Å²) in [5, 5.41) is 9.78. The summed E-state index contributed by atoms with van der Waals surface area (Å²) in [4.78, 5) is 26.4. The van der Waals surface area contributed by atoms with Crippen molar-refractivity contribution in [3.05, 3.63) is 29.8 Å². The Morgan fingerprint density at radius 3 is 2.64 bits per heavy atom. The Hall–Kier alpha value is -2.24. The minimum absolute atomic E-state index is 0.134. The Labute approximate surface area is 148 Å². The van der Waals surface area contributed by atoms with Gasteiger partial charge in [-0.2, -0.15) is 0 Å². The number of hydrogen-bond acceptors (Lipinski definition) is 5. The number of nitrogens with zero attached hydrogens (tertiary/aromatic N) is 1. The highest BCUT2D eigenvalue weighted by Crippen LogP contribution is 2.35. The van der Waals surface area contributed by atoms with Gasteiger partial charge in [0.15, 0.2) is 0 Å². The summed E-state index contributed by atoms with van der Waals surface area (Å²) in [5.41, 5.74) is 0.238. The first-order valence-electron chi connectivity index (χ1n) is 8.64. The van der Waals surface area contributed by atoms with Crippen LogP contribution in [-0.2, 0) is 14.3 Å². The summed E-state index contributed by atoms with van der Waals surface area (Å²) in [6.45, 7) is 8.35. The average molecular weight is 349 g/mol. The van der Waals surface area contributed by atoms with Crippen LogP contribution >= 0.6 is 0 Å². The van der Waals surface area contributed by atoms with Crippen molar-refractivity contribution in [3.63, 3.8) is 0 Å². The van der Waals surface area contributed by atoms with E-state index in [1.807, 2.05) is 26.8 Å². The van der Waals surface area contributed by atoms with Crippen molar-refractivity contribution in [2.24, 2.45) is 5.92 Å². The number of aromatic hydroxyl groups is 1. The van der Waals surface area contributed by atoms with Crippen LogP contribution < -0.4 is 0 Å². The van der Waals surface area contributed by atoms with E-state index in [1.54, 1.807) is 30.0 Å². The third kappa shape index (κ3) is 5.11. The Balaban J connectivity index is 2.23. The molecule has 2 unspecified atom stereocenters. The Bertz CT molecular complexity index is 622. The second-order valence-corrected chi connectivity index (χ2v) is 7.28. The van der Waals surface area contributed by atoms with Crippen molar-refractivity contribution >= 4 is 12.1 Å². The van der Waals surface area contributed by atoms with Crippen molar-refractivity contribution in [1.29, 1.82) is 0 Å². The van der Waals surface area contributed by atoms with Gasteiger partial charge < -0.3 is 19.5 Å². The average Bonchev–Trinajstić information content (AvgIpc) is 2.53. The van der Waals surface area contributed by atoms with Crippen LogP contribution in [0.5, 0.6) is 5.75 Å². The molecule has 2 atom stereocenters. The van der Waals surface area contributed by atoms with Gasteiger partial charge in [-0.15, -0.1) is 0 Å². The van der Waals surface area contributed by atoms with Gasteiger partial charge in [-0.1, -0.05) is 12.1 Å². The highest BCUT2D eigenvalue weighted by molar-refractivity contribution is 5.75. The molecule has 138 valence electrons. The monoisotopic (exact) mass is 349 g/mol. The molecule has 1 N–H and O–H groups in total. The van der Waals surface area contributed by atoms with Crippen LogP contribution in [0.25, 0.3) is 0 Å². The summed E-state index contributed by atoms with van der Waals surface area (Å²) in [6.07, 6.45) is 0.109. The highest BCUT2D eigenvalue weighted by Gasteiger charge is 2.38. The van der Waals surface area contributed by atoms with Crippen LogP contribution in [0.3, 0.4) is 0 Å². The zero-order chi connectivity index (χ0) is 18.6. The van der Waals surface area contributed by atoms with Crippen molar-refractivity contribution in [2.45, 2.75) is 45.6 Å². The lowest BCUT2D eigenvalue weighted by Crippen LogP contribution is -2.47. The normalized spacial score (nSPS) is 20.9. The molecule has 6 nitrogen and oxygen atoms in total. The molecular formula is C19H27NO5. The fourth-order valence-electron chi connectivity index (χ4n) is 3.07. The molecule has 0 spiro atoms. The molecule has 0 saturated carbocycles. The number of amides is 1. The van der Waals surface area contributed by atoms with E-state index in [4.69, 9.17) is 9.47 Å². The zero-order valence-electron chi connectivity index (χ0n) is 15.3. The van der Waals surface area contributed by atoms with E-state index in [0.717, 1.165) is 5.56 Å². The van der Waals surface area contributed by atoms with E-state index in [1.165, 1.54) is 0 Å². The van der Waals surface area contributed by atoms with E-state index in [9.17, 15) is 14.7 Å². The molecule has 1 aromatic rings. The fraction of sp³-hybridized carbons (Fsp3) is 0.579. The first-order valence-corrected chi connectivity index (χ1v) is 8.64. The fourth-order valence-corrected chi connectivity index (χ4v) is 3.07. The third-order valence-corrected chi connectivity index (χ3v) is 4.15. The van der Waals surface area contributed by atoms with Gasteiger partial charge >= 0.3 is 12.1 Å². The van der Waals surface area contributed by atoms with Crippen molar-refractivity contribution in [2.75, 3.05) is 19.7 Å². The number of rotatable bonds is 3. The van der Waals surface area contributed by atoms with Gasteiger partial charge in [0, 0.05) is 19.0 Å². The van der Waals surface area contributed by atoms with E-state index in [0.29, 0.717) is 26.1 Å². The summed E-state index contributed by atoms with van der Waals surface area (Å²) in [6, 6.07) is 6.81. The highest BCUT2D eigenvalue weighted by atomic mass is 16.6. The Morgan fingerprint density at radius 1 is 1.32 bits per heavy atom. The number of phenolic OH excluding ortho intramolecular Hbond substituents is 1. The van der Waals surface area contributed by atoms with Gasteiger partial charge in [-0.25, -0.2) is 4.79 Å². The van der Waals surface area contributed by atoms with Crippen molar-refractivity contribution in [1.82, 2.24) is 4.90 Å². The van der Waals surface area contributed by atoms with E-state index >= 15 is 0 Å². The molecule has 0 bridgehead atoms. The zero-order valence-corrected chi connectivity index (χ0v) is 15.3. The number of esters is 1. The molecule has 6 heteroatoms. The quantitative estimate of drug-likeness (QED) is 0.848. The Kier molecular flexibility index (Phi) is 5.93. The number of benzene rings is 1. The maximum Gasteiger partial charge on any atom is 0.410 e. The second kappa shape index (κ2) is 7.76. The number of phenols is 1. The van der Waals surface area contributed by atoms with E-state index < -0.39 is 5.60 Å². The molecule has 2 rings (SSSR count). The first kappa shape index (κ1) is 19.1. The molecule has 0 aliphatic carbocycles. The van der Waals surface area contributed by atoms with E-state index in [2.05, 4.69) is 0 Å². The summed E-state index contributed by atoms with van der Waals surface area (Å²) in [7, 11) is 0. The molecule has 1 aliphatic rings. The van der Waals surface area contributed by atoms with Crippen LogP contribution in [-0.4, -0.2) is 47.4 Å². The number of ether oxygens (including phenoxy) is 2. The Morgan fingerprint density at radius 2 is 2.04 bits per heavy atom. The van der Waals surface area contributed by atoms with Crippen LogP contribution in [0.2, 0.25) is 0 Å². The van der Waals surface area contributed by atoms with E-state index in [-0.39, 0.29) is 29.6 Å². The number of hydrogen-bond donors (Lipinski definition) is 1. The second-order valence-electron chi connectivity index (χ2n) is 7.28. The van der Waals surface area contributed by atoms with Gasteiger partial charge in [0.05, 0.1) is 12.5 Å². The summed E-state index contributed by atoms with van der Waals surface area (Å²) >= 11 is 0. The first-order chi connectivity index (χ1) is 11.7.